The van der Waals surface area contributed by atoms with Crippen LogP contribution in [0, 0.1) is 0 Å². The molecule has 1 fully saturated rings. The second kappa shape index (κ2) is 8.12. The van der Waals surface area contributed by atoms with Crippen molar-refractivity contribution in [3.05, 3.63) is 28.1 Å². The molecule has 2 atom stereocenters. The highest BCUT2D eigenvalue weighted by Gasteiger charge is 2.30. The second-order valence-electron chi connectivity index (χ2n) is 6.97. The molecule has 2 heterocycles. The van der Waals surface area contributed by atoms with Gasteiger partial charge in [0.1, 0.15) is 10.7 Å². The molecule has 10 heteroatoms. The average molecular weight is 439 g/mol. The van der Waals surface area contributed by atoms with Crippen molar-refractivity contribution in [2.75, 3.05) is 5.32 Å². The SMILES string of the molecule is CC(C)NC(=O)O[C@@H]1CC[C@H](c2cc(NC(=O)c3cc(Br)n(C)n3)n[nH]2)C1. The number of nitrogens with zero attached hydrogens (tertiary/aromatic N) is 3. The summed E-state index contributed by atoms with van der Waals surface area (Å²) in [4.78, 5) is 24.0. The maximum Gasteiger partial charge on any atom is 0.407 e. The van der Waals surface area contributed by atoms with Crippen molar-refractivity contribution in [1.82, 2.24) is 25.3 Å². The lowest BCUT2D eigenvalue weighted by atomic mass is 10.0. The van der Waals surface area contributed by atoms with E-state index in [1.807, 2.05) is 19.9 Å². The van der Waals surface area contributed by atoms with E-state index in [0.717, 1.165) is 25.0 Å². The molecule has 0 aliphatic heterocycles. The van der Waals surface area contributed by atoms with E-state index in [4.69, 9.17) is 4.74 Å². The lowest BCUT2D eigenvalue weighted by Crippen LogP contribution is -2.33. The van der Waals surface area contributed by atoms with Gasteiger partial charge in [-0.15, -0.1) is 0 Å². The quantitative estimate of drug-likeness (QED) is 0.663. The lowest BCUT2D eigenvalue weighted by Gasteiger charge is -2.14. The summed E-state index contributed by atoms with van der Waals surface area (Å²) in [5.74, 6) is 0.329. The molecule has 0 aromatic carbocycles. The molecular weight excluding hydrogens is 416 g/mol. The lowest BCUT2D eigenvalue weighted by molar-refractivity contribution is 0.0979. The Morgan fingerprint density at radius 3 is 2.81 bits per heavy atom. The van der Waals surface area contributed by atoms with Crippen molar-refractivity contribution >= 4 is 33.7 Å². The van der Waals surface area contributed by atoms with Crippen LogP contribution in [0.2, 0.25) is 0 Å². The van der Waals surface area contributed by atoms with Crippen LogP contribution < -0.4 is 10.6 Å². The van der Waals surface area contributed by atoms with Crippen LogP contribution >= 0.6 is 15.9 Å². The third-order valence-corrected chi connectivity index (χ3v) is 5.14. The zero-order valence-corrected chi connectivity index (χ0v) is 17.0. The molecule has 3 N–H and O–H groups in total. The van der Waals surface area contributed by atoms with Gasteiger partial charge in [0.2, 0.25) is 0 Å². The van der Waals surface area contributed by atoms with Crippen molar-refractivity contribution in [2.24, 2.45) is 7.05 Å². The van der Waals surface area contributed by atoms with Gasteiger partial charge in [-0.3, -0.25) is 14.6 Å². The first kappa shape index (κ1) is 19.4. The van der Waals surface area contributed by atoms with Gasteiger partial charge in [0.25, 0.3) is 5.91 Å². The Bertz CT molecular complexity index is 811. The summed E-state index contributed by atoms with van der Waals surface area (Å²) in [5.41, 5.74) is 1.22. The zero-order valence-electron chi connectivity index (χ0n) is 15.5. The first-order valence-electron chi connectivity index (χ1n) is 8.85. The number of H-pyrrole nitrogens is 1. The molecule has 0 saturated heterocycles. The minimum atomic E-state index is -0.380. The highest BCUT2D eigenvalue weighted by Crippen LogP contribution is 2.35. The summed E-state index contributed by atoms with van der Waals surface area (Å²) in [6.07, 6.45) is 1.94. The number of carbonyl (C=O) groups is 2. The molecule has 3 rings (SSSR count). The van der Waals surface area contributed by atoms with E-state index in [9.17, 15) is 9.59 Å². The van der Waals surface area contributed by atoms with Gasteiger partial charge < -0.3 is 15.4 Å². The molecule has 146 valence electrons. The Morgan fingerprint density at radius 2 is 2.15 bits per heavy atom. The van der Waals surface area contributed by atoms with E-state index < -0.39 is 0 Å². The molecule has 2 aromatic rings. The second-order valence-corrected chi connectivity index (χ2v) is 7.79. The summed E-state index contributed by atoms with van der Waals surface area (Å²) in [5, 5.41) is 16.7. The van der Waals surface area contributed by atoms with Gasteiger partial charge in [-0.25, -0.2) is 4.79 Å². The molecule has 2 aromatic heterocycles. The molecule has 1 aliphatic rings. The summed E-state index contributed by atoms with van der Waals surface area (Å²) in [6.45, 7) is 3.78. The Balaban J connectivity index is 1.55. The maximum atomic E-state index is 12.2. The molecule has 1 aliphatic carbocycles. The Morgan fingerprint density at radius 1 is 1.37 bits per heavy atom. The summed E-state index contributed by atoms with van der Waals surface area (Å²) < 4.78 is 7.73. The zero-order chi connectivity index (χ0) is 19.6. The molecule has 1 saturated carbocycles. The molecule has 0 bridgehead atoms. The van der Waals surface area contributed by atoms with E-state index in [2.05, 4.69) is 41.9 Å². The van der Waals surface area contributed by atoms with E-state index in [1.54, 1.807) is 17.8 Å². The predicted molar refractivity (Wildman–Crippen MR) is 103 cm³/mol. The summed E-state index contributed by atoms with van der Waals surface area (Å²) in [6, 6.07) is 3.51. The van der Waals surface area contributed by atoms with Crippen molar-refractivity contribution in [3.63, 3.8) is 0 Å². The minimum absolute atomic E-state index is 0.0493. The van der Waals surface area contributed by atoms with Crippen molar-refractivity contribution < 1.29 is 14.3 Å². The molecular formula is C17H23BrN6O3. The van der Waals surface area contributed by atoms with Crippen LogP contribution in [0.5, 0.6) is 0 Å². The number of hydrogen-bond donors (Lipinski definition) is 3. The number of aryl methyl sites for hydroxylation is 1. The molecule has 0 unspecified atom stereocenters. The summed E-state index contributed by atoms with van der Waals surface area (Å²) in [7, 11) is 1.74. The highest BCUT2D eigenvalue weighted by atomic mass is 79.9. The first-order chi connectivity index (χ1) is 12.8. The van der Waals surface area contributed by atoms with Crippen molar-refractivity contribution in [2.45, 2.75) is 51.2 Å². The van der Waals surface area contributed by atoms with Crippen molar-refractivity contribution in [1.29, 1.82) is 0 Å². The van der Waals surface area contributed by atoms with Crippen LogP contribution in [-0.4, -0.2) is 44.1 Å². The van der Waals surface area contributed by atoms with Crippen molar-refractivity contribution in [3.8, 4) is 0 Å². The normalized spacial score (nSPS) is 19.3. The fourth-order valence-corrected chi connectivity index (χ4v) is 3.39. The van der Waals surface area contributed by atoms with Crippen LogP contribution in [0.1, 0.15) is 55.2 Å². The number of ether oxygens (including phenoxy) is 1. The maximum absolute atomic E-state index is 12.2. The Kier molecular flexibility index (Phi) is 5.83. The number of halogens is 1. The van der Waals surface area contributed by atoms with Crippen LogP contribution in [0.15, 0.2) is 16.7 Å². The van der Waals surface area contributed by atoms with Crippen LogP contribution in [0.3, 0.4) is 0 Å². The highest BCUT2D eigenvalue weighted by molar-refractivity contribution is 9.10. The van der Waals surface area contributed by atoms with Gasteiger partial charge >= 0.3 is 6.09 Å². The van der Waals surface area contributed by atoms with E-state index in [-0.39, 0.29) is 30.1 Å². The predicted octanol–water partition coefficient (Wildman–Crippen LogP) is 2.93. The van der Waals surface area contributed by atoms with Crippen LogP contribution in [0.25, 0.3) is 0 Å². The monoisotopic (exact) mass is 438 g/mol. The molecule has 0 radical (unpaired) electrons. The Labute approximate surface area is 165 Å². The minimum Gasteiger partial charge on any atom is -0.446 e. The van der Waals surface area contributed by atoms with Gasteiger partial charge in [-0.2, -0.15) is 10.2 Å². The first-order valence-corrected chi connectivity index (χ1v) is 9.64. The average Bonchev–Trinajstić information content (AvgIpc) is 3.28. The number of amides is 2. The van der Waals surface area contributed by atoms with Crippen LogP contribution in [-0.2, 0) is 11.8 Å². The van der Waals surface area contributed by atoms with Gasteiger partial charge in [-0.05, 0) is 49.0 Å². The van der Waals surface area contributed by atoms with E-state index in [1.165, 1.54) is 0 Å². The van der Waals surface area contributed by atoms with Crippen LogP contribution in [0.4, 0.5) is 10.6 Å². The smallest absolute Gasteiger partial charge is 0.407 e. The number of aromatic nitrogens is 4. The fourth-order valence-electron chi connectivity index (χ4n) is 3.10. The fraction of sp³-hybridized carbons (Fsp3) is 0.529. The molecule has 27 heavy (non-hydrogen) atoms. The number of nitrogens with one attached hydrogen (secondary N) is 3. The van der Waals surface area contributed by atoms with Gasteiger partial charge in [0.05, 0.1) is 0 Å². The number of anilines is 1. The standard InChI is InChI=1S/C17H23BrN6O3/c1-9(2)19-17(26)27-11-5-4-10(6-11)12-8-15(22-21-12)20-16(25)13-7-14(18)24(3)23-13/h7-11H,4-6H2,1-3H3,(H,19,26)(H2,20,21,22,25)/t10-,11+/m0/s1. The van der Waals surface area contributed by atoms with E-state index in [0.29, 0.717) is 16.1 Å². The number of aromatic amines is 1. The summed E-state index contributed by atoms with van der Waals surface area (Å²) >= 11 is 3.31. The third kappa shape index (κ3) is 4.88. The molecule has 2 amide bonds. The number of carbonyl (C=O) groups excluding carboxylic acids is 2. The molecule has 9 nitrogen and oxygen atoms in total. The van der Waals surface area contributed by atoms with Gasteiger partial charge in [0.15, 0.2) is 11.5 Å². The van der Waals surface area contributed by atoms with Gasteiger partial charge in [-0.1, -0.05) is 0 Å². The number of rotatable bonds is 5. The molecule has 0 spiro atoms. The largest absolute Gasteiger partial charge is 0.446 e. The number of alkyl carbamates (subject to hydrolysis) is 1. The third-order valence-electron chi connectivity index (χ3n) is 4.40. The Hall–Kier alpha value is -2.36. The topological polar surface area (TPSA) is 114 Å². The number of hydrogen-bond acceptors (Lipinski definition) is 5. The van der Waals surface area contributed by atoms with E-state index >= 15 is 0 Å². The van der Waals surface area contributed by atoms with Gasteiger partial charge in [0, 0.05) is 36.8 Å².